The Balaban J connectivity index is 2.23. The highest BCUT2D eigenvalue weighted by Gasteiger charge is 2.27. The molecule has 0 unspecified atom stereocenters. The number of nitrogens with zero attached hydrogens (tertiary/aromatic N) is 2. The number of urea groups is 1. The first-order chi connectivity index (χ1) is 11.3. The monoisotopic (exact) mass is 345 g/mol. The molecule has 0 bridgehead atoms. The van der Waals surface area contributed by atoms with Gasteiger partial charge in [0.05, 0.1) is 16.3 Å². The number of amides is 2. The van der Waals surface area contributed by atoms with Crippen molar-refractivity contribution in [3.05, 3.63) is 53.6 Å². The van der Waals surface area contributed by atoms with Gasteiger partial charge in [0.25, 0.3) is 0 Å². The zero-order valence-electron chi connectivity index (χ0n) is 13.6. The Kier molecular flexibility index (Phi) is 4.06. The van der Waals surface area contributed by atoms with E-state index in [2.05, 4.69) is 0 Å². The zero-order valence-corrected chi connectivity index (χ0v) is 14.4. The van der Waals surface area contributed by atoms with Crippen LogP contribution in [0, 0.1) is 0 Å². The lowest BCUT2D eigenvalue weighted by Crippen LogP contribution is -2.32. The van der Waals surface area contributed by atoms with E-state index < -0.39 is 16.1 Å². The molecule has 0 aromatic heterocycles. The van der Waals surface area contributed by atoms with Crippen LogP contribution >= 0.6 is 0 Å². The molecule has 0 saturated heterocycles. The number of carbonyl (C=O) groups is 1. The van der Waals surface area contributed by atoms with E-state index in [1.54, 1.807) is 12.1 Å². The molecule has 3 rings (SSSR count). The van der Waals surface area contributed by atoms with Crippen molar-refractivity contribution in [1.82, 2.24) is 4.31 Å². The number of benzene rings is 2. The smallest absolute Gasteiger partial charge is 0.323 e. The molecule has 0 fully saturated rings. The molecule has 0 saturated carbocycles. The van der Waals surface area contributed by atoms with Crippen LogP contribution in [0.2, 0.25) is 0 Å². The summed E-state index contributed by atoms with van der Waals surface area (Å²) in [6.07, 6.45) is 1.46. The van der Waals surface area contributed by atoms with Gasteiger partial charge in [0.2, 0.25) is 10.0 Å². The number of rotatable bonds is 2. The van der Waals surface area contributed by atoms with E-state index >= 15 is 0 Å². The van der Waals surface area contributed by atoms with Gasteiger partial charge in [-0.25, -0.2) is 17.5 Å². The molecule has 7 heteroatoms. The molecule has 2 amide bonds. The molecular formula is C17H19N3O3S. The third kappa shape index (κ3) is 2.65. The fourth-order valence-corrected chi connectivity index (χ4v) is 3.83. The first kappa shape index (κ1) is 16.5. The minimum atomic E-state index is -3.59. The van der Waals surface area contributed by atoms with E-state index in [1.165, 1.54) is 25.1 Å². The first-order valence-corrected chi connectivity index (χ1v) is 8.99. The predicted octanol–water partition coefficient (Wildman–Crippen LogP) is 2.25. The Hall–Kier alpha value is -2.38. The largest absolute Gasteiger partial charge is 0.351 e. The summed E-state index contributed by atoms with van der Waals surface area (Å²) in [4.78, 5) is 13.6. The maximum absolute atomic E-state index is 12.4. The molecule has 0 spiro atoms. The summed E-state index contributed by atoms with van der Waals surface area (Å²) in [6.45, 7) is 0. The Morgan fingerprint density at radius 3 is 2.29 bits per heavy atom. The van der Waals surface area contributed by atoms with E-state index in [1.807, 2.05) is 24.3 Å². The van der Waals surface area contributed by atoms with E-state index in [0.717, 1.165) is 21.9 Å². The Morgan fingerprint density at radius 2 is 1.67 bits per heavy atom. The Labute approximate surface area is 141 Å². The van der Waals surface area contributed by atoms with Crippen LogP contribution < -0.4 is 10.6 Å². The predicted molar refractivity (Wildman–Crippen MR) is 92.9 cm³/mol. The lowest BCUT2D eigenvalue weighted by molar-refractivity contribution is 0.256. The fourth-order valence-electron chi connectivity index (χ4n) is 2.91. The summed E-state index contributed by atoms with van der Waals surface area (Å²) in [7, 11) is -0.645. The summed E-state index contributed by atoms with van der Waals surface area (Å²) < 4.78 is 26.0. The second-order valence-electron chi connectivity index (χ2n) is 5.88. The van der Waals surface area contributed by atoms with Crippen molar-refractivity contribution in [2.75, 3.05) is 19.0 Å². The topological polar surface area (TPSA) is 83.7 Å². The quantitative estimate of drug-likeness (QED) is 0.906. The van der Waals surface area contributed by atoms with Crippen LogP contribution in [0.3, 0.4) is 0 Å². The van der Waals surface area contributed by atoms with Gasteiger partial charge in [-0.3, -0.25) is 4.90 Å². The molecule has 1 aliphatic rings. The number of hydrogen-bond donors (Lipinski definition) is 1. The van der Waals surface area contributed by atoms with E-state index in [0.29, 0.717) is 17.8 Å². The van der Waals surface area contributed by atoms with Crippen molar-refractivity contribution < 1.29 is 13.2 Å². The van der Waals surface area contributed by atoms with Crippen LogP contribution in [0.5, 0.6) is 0 Å². The number of nitrogens with two attached hydrogens (primary N) is 1. The van der Waals surface area contributed by atoms with Gasteiger partial charge >= 0.3 is 6.03 Å². The molecule has 6 nitrogen and oxygen atoms in total. The van der Waals surface area contributed by atoms with Gasteiger partial charge in [-0.1, -0.05) is 24.3 Å². The average Bonchev–Trinajstić information content (AvgIpc) is 2.70. The summed E-state index contributed by atoms with van der Waals surface area (Å²) in [5.74, 6) is 0. The van der Waals surface area contributed by atoms with Gasteiger partial charge in [0.1, 0.15) is 0 Å². The number of anilines is 2. The van der Waals surface area contributed by atoms with Crippen molar-refractivity contribution in [1.29, 1.82) is 0 Å². The highest BCUT2D eigenvalue weighted by Crippen LogP contribution is 2.37. The van der Waals surface area contributed by atoms with Crippen molar-refractivity contribution in [3.63, 3.8) is 0 Å². The highest BCUT2D eigenvalue weighted by molar-refractivity contribution is 7.89. The molecule has 2 N–H and O–H groups in total. The van der Waals surface area contributed by atoms with Gasteiger partial charge in [0.15, 0.2) is 0 Å². The molecule has 2 aromatic rings. The molecule has 1 aliphatic heterocycles. The van der Waals surface area contributed by atoms with E-state index in [-0.39, 0.29) is 4.90 Å². The van der Waals surface area contributed by atoms with Crippen molar-refractivity contribution >= 4 is 27.4 Å². The van der Waals surface area contributed by atoms with Crippen LogP contribution in [0.1, 0.15) is 11.1 Å². The standard InChI is InChI=1S/C17H19N3O3S/c1-19(2)24(22,23)14-10-9-13-8-7-12-5-3-4-6-15(12)20(17(18)21)16(13)11-14/h3-6,9-11H,7-8H2,1-2H3,(H2,18,21). The molecule has 126 valence electrons. The third-order valence-corrected chi connectivity index (χ3v) is 6.00. The Morgan fingerprint density at radius 1 is 1.04 bits per heavy atom. The highest BCUT2D eigenvalue weighted by atomic mass is 32.2. The van der Waals surface area contributed by atoms with Gasteiger partial charge in [-0.2, -0.15) is 0 Å². The van der Waals surface area contributed by atoms with Crippen molar-refractivity contribution in [2.45, 2.75) is 17.7 Å². The summed E-state index contributed by atoms with van der Waals surface area (Å²) >= 11 is 0. The Bertz CT molecular complexity index is 907. The summed E-state index contributed by atoms with van der Waals surface area (Å²) in [5.41, 5.74) is 8.73. The van der Waals surface area contributed by atoms with Gasteiger partial charge in [-0.05, 0) is 42.2 Å². The second-order valence-corrected chi connectivity index (χ2v) is 8.03. The molecule has 24 heavy (non-hydrogen) atoms. The number of carbonyl (C=O) groups excluding carboxylic acids is 1. The lowest BCUT2D eigenvalue weighted by Gasteiger charge is -2.23. The first-order valence-electron chi connectivity index (χ1n) is 7.55. The number of aryl methyl sites for hydroxylation is 2. The SMILES string of the molecule is CN(C)S(=O)(=O)c1ccc2c(c1)N(C(N)=O)c1ccccc1CC2. The van der Waals surface area contributed by atoms with Gasteiger partial charge in [0, 0.05) is 14.1 Å². The zero-order chi connectivity index (χ0) is 17.5. The second kappa shape index (κ2) is 5.92. The van der Waals surface area contributed by atoms with Gasteiger partial charge in [-0.15, -0.1) is 0 Å². The molecule has 0 atom stereocenters. The summed E-state index contributed by atoms with van der Waals surface area (Å²) in [5, 5.41) is 0. The summed E-state index contributed by atoms with van der Waals surface area (Å²) in [6, 6.07) is 11.7. The minimum absolute atomic E-state index is 0.136. The number of para-hydroxylation sites is 1. The lowest BCUT2D eigenvalue weighted by atomic mass is 10.0. The molecule has 0 aliphatic carbocycles. The number of fused-ring (bicyclic) bond motifs is 2. The molecule has 1 heterocycles. The van der Waals surface area contributed by atoms with Crippen LogP contribution in [-0.4, -0.2) is 32.8 Å². The van der Waals surface area contributed by atoms with E-state index in [4.69, 9.17) is 5.73 Å². The molecular weight excluding hydrogens is 326 g/mol. The van der Waals surface area contributed by atoms with Crippen LogP contribution in [0.15, 0.2) is 47.4 Å². The van der Waals surface area contributed by atoms with Crippen LogP contribution in [-0.2, 0) is 22.9 Å². The maximum atomic E-state index is 12.4. The van der Waals surface area contributed by atoms with Crippen molar-refractivity contribution in [3.8, 4) is 0 Å². The maximum Gasteiger partial charge on any atom is 0.323 e. The number of primary amides is 1. The number of hydrogen-bond acceptors (Lipinski definition) is 3. The normalized spacial score (nSPS) is 14.0. The third-order valence-electron chi connectivity index (χ3n) is 4.19. The average molecular weight is 345 g/mol. The minimum Gasteiger partial charge on any atom is -0.351 e. The van der Waals surface area contributed by atoms with Gasteiger partial charge < -0.3 is 5.73 Å². The fraction of sp³-hybridized carbons (Fsp3) is 0.235. The van der Waals surface area contributed by atoms with E-state index in [9.17, 15) is 13.2 Å². The van der Waals surface area contributed by atoms with Crippen molar-refractivity contribution in [2.24, 2.45) is 5.73 Å². The molecule has 2 aromatic carbocycles. The van der Waals surface area contributed by atoms with Crippen LogP contribution in [0.25, 0.3) is 0 Å². The van der Waals surface area contributed by atoms with Crippen LogP contribution in [0.4, 0.5) is 16.2 Å². The number of sulfonamides is 1. The molecule has 0 radical (unpaired) electrons.